The second kappa shape index (κ2) is 7.73. The molecule has 2 aromatic carbocycles. The van der Waals surface area contributed by atoms with Gasteiger partial charge in [-0.15, -0.1) is 0 Å². The number of aromatic amines is 1. The van der Waals surface area contributed by atoms with E-state index < -0.39 is 0 Å². The summed E-state index contributed by atoms with van der Waals surface area (Å²) >= 11 is 0. The third-order valence-corrected chi connectivity index (χ3v) is 4.05. The lowest BCUT2D eigenvalue weighted by Gasteiger charge is -2.02. The summed E-state index contributed by atoms with van der Waals surface area (Å²) in [7, 11) is 0. The Labute approximate surface area is 142 Å². The molecule has 24 heavy (non-hydrogen) atoms. The number of benzene rings is 2. The first-order chi connectivity index (χ1) is 11.7. The highest BCUT2D eigenvalue weighted by atomic mass is 16.1. The van der Waals surface area contributed by atoms with E-state index in [4.69, 9.17) is 4.98 Å². The Morgan fingerprint density at radius 1 is 0.917 bits per heavy atom. The molecule has 0 unspecified atom stereocenters. The highest BCUT2D eigenvalue weighted by molar-refractivity contribution is 5.78. The molecule has 0 spiro atoms. The summed E-state index contributed by atoms with van der Waals surface area (Å²) in [5, 5.41) is 0. The first-order valence-electron chi connectivity index (χ1n) is 8.43. The van der Waals surface area contributed by atoms with E-state index in [0.717, 1.165) is 47.6 Å². The van der Waals surface area contributed by atoms with Gasteiger partial charge in [0.2, 0.25) is 0 Å². The van der Waals surface area contributed by atoms with Crippen molar-refractivity contribution in [2.75, 3.05) is 0 Å². The number of hydrogen-bond donors (Lipinski definition) is 1. The molecule has 0 bridgehead atoms. The molecular formula is C21H22N2O. The predicted octanol–water partition coefficient (Wildman–Crippen LogP) is 5.05. The zero-order valence-corrected chi connectivity index (χ0v) is 14.0. The van der Waals surface area contributed by atoms with Crippen LogP contribution < -0.4 is 0 Å². The van der Waals surface area contributed by atoms with Crippen molar-refractivity contribution in [3.8, 4) is 22.5 Å². The van der Waals surface area contributed by atoms with Gasteiger partial charge in [0.15, 0.2) is 0 Å². The van der Waals surface area contributed by atoms with Gasteiger partial charge < -0.3 is 9.78 Å². The fraction of sp³-hybridized carbons (Fsp3) is 0.238. The molecule has 3 heteroatoms. The van der Waals surface area contributed by atoms with Crippen molar-refractivity contribution in [3.63, 3.8) is 0 Å². The number of aromatic nitrogens is 2. The normalized spacial score (nSPS) is 10.7. The number of Topliss-reactive ketones (excluding diaryl/α,β-unsaturated/α-hetero) is 1. The number of carbonyl (C=O) groups excluding carboxylic acids is 1. The van der Waals surface area contributed by atoms with Gasteiger partial charge in [0.25, 0.3) is 0 Å². The number of rotatable bonds is 7. The minimum atomic E-state index is 0.254. The van der Waals surface area contributed by atoms with E-state index in [1.54, 1.807) is 6.92 Å². The summed E-state index contributed by atoms with van der Waals surface area (Å²) in [6, 6.07) is 20.5. The molecule has 0 amide bonds. The fourth-order valence-electron chi connectivity index (χ4n) is 2.83. The molecule has 1 N–H and O–H groups in total. The summed E-state index contributed by atoms with van der Waals surface area (Å²) in [6.45, 7) is 1.65. The van der Waals surface area contributed by atoms with Crippen LogP contribution in [0.3, 0.4) is 0 Å². The summed E-state index contributed by atoms with van der Waals surface area (Å²) in [6.07, 6.45) is 3.39. The SMILES string of the molecule is CC(=O)CCCCc1nc(-c2ccccc2)c(-c2ccccc2)[nH]1. The number of carbonyl (C=O) groups is 1. The lowest BCUT2D eigenvalue weighted by molar-refractivity contribution is -0.117. The van der Waals surface area contributed by atoms with E-state index in [-0.39, 0.29) is 5.78 Å². The van der Waals surface area contributed by atoms with Crippen LogP contribution in [-0.2, 0) is 11.2 Å². The zero-order valence-electron chi connectivity index (χ0n) is 14.0. The van der Waals surface area contributed by atoms with Crippen molar-refractivity contribution in [2.24, 2.45) is 0 Å². The Hall–Kier alpha value is -2.68. The largest absolute Gasteiger partial charge is 0.341 e. The summed E-state index contributed by atoms with van der Waals surface area (Å²) in [5.74, 6) is 1.24. The van der Waals surface area contributed by atoms with E-state index in [1.165, 1.54) is 0 Å². The van der Waals surface area contributed by atoms with E-state index in [1.807, 2.05) is 36.4 Å². The molecule has 0 aliphatic rings. The Balaban J connectivity index is 1.87. The zero-order chi connectivity index (χ0) is 16.8. The van der Waals surface area contributed by atoms with Gasteiger partial charge in [0.05, 0.1) is 11.4 Å². The average Bonchev–Trinajstić information content (AvgIpc) is 3.04. The Bertz CT molecular complexity index is 734. The quantitative estimate of drug-likeness (QED) is 0.620. The molecule has 3 nitrogen and oxygen atoms in total. The second-order valence-electron chi connectivity index (χ2n) is 6.05. The molecule has 0 atom stereocenters. The van der Waals surface area contributed by atoms with Crippen LogP contribution in [0.15, 0.2) is 60.7 Å². The summed E-state index contributed by atoms with van der Waals surface area (Å²) in [5.41, 5.74) is 4.30. The van der Waals surface area contributed by atoms with Crippen LogP contribution >= 0.6 is 0 Å². The topological polar surface area (TPSA) is 45.8 Å². The molecule has 0 saturated carbocycles. The van der Waals surface area contributed by atoms with Crippen LogP contribution in [0, 0.1) is 0 Å². The van der Waals surface area contributed by atoms with Crippen LogP contribution in [0.1, 0.15) is 32.0 Å². The third-order valence-electron chi connectivity index (χ3n) is 4.05. The second-order valence-corrected chi connectivity index (χ2v) is 6.05. The minimum Gasteiger partial charge on any atom is -0.341 e. The maximum Gasteiger partial charge on any atom is 0.129 e. The molecule has 3 rings (SSSR count). The number of unbranched alkanes of at least 4 members (excludes halogenated alkanes) is 1. The lowest BCUT2D eigenvalue weighted by atomic mass is 10.1. The standard InChI is InChI=1S/C21H22N2O/c1-16(24)10-8-9-15-19-22-20(17-11-4-2-5-12-17)21(23-19)18-13-6-3-7-14-18/h2-7,11-14H,8-10,15H2,1H3,(H,22,23). The van der Waals surface area contributed by atoms with Crippen molar-refractivity contribution in [2.45, 2.75) is 32.6 Å². The monoisotopic (exact) mass is 318 g/mol. The van der Waals surface area contributed by atoms with E-state index >= 15 is 0 Å². The minimum absolute atomic E-state index is 0.254. The highest BCUT2D eigenvalue weighted by Crippen LogP contribution is 2.30. The van der Waals surface area contributed by atoms with Gasteiger partial charge in [0.1, 0.15) is 11.6 Å². The maximum absolute atomic E-state index is 11.1. The van der Waals surface area contributed by atoms with Crippen LogP contribution in [0.5, 0.6) is 0 Å². The first kappa shape index (κ1) is 16.2. The van der Waals surface area contributed by atoms with Crippen molar-refractivity contribution in [1.29, 1.82) is 0 Å². The maximum atomic E-state index is 11.1. The number of ketones is 1. The van der Waals surface area contributed by atoms with Crippen molar-refractivity contribution < 1.29 is 4.79 Å². The highest BCUT2D eigenvalue weighted by Gasteiger charge is 2.13. The van der Waals surface area contributed by atoms with Crippen molar-refractivity contribution in [1.82, 2.24) is 9.97 Å². The number of H-pyrrole nitrogens is 1. The lowest BCUT2D eigenvalue weighted by Crippen LogP contribution is -1.93. The molecule has 0 aliphatic carbocycles. The average molecular weight is 318 g/mol. The van der Waals surface area contributed by atoms with Gasteiger partial charge in [-0.25, -0.2) is 4.98 Å². The van der Waals surface area contributed by atoms with Crippen molar-refractivity contribution in [3.05, 3.63) is 66.5 Å². The first-order valence-corrected chi connectivity index (χ1v) is 8.43. The molecule has 0 saturated heterocycles. The number of hydrogen-bond acceptors (Lipinski definition) is 2. The molecule has 122 valence electrons. The third kappa shape index (κ3) is 3.99. The van der Waals surface area contributed by atoms with Crippen LogP contribution in [0.2, 0.25) is 0 Å². The van der Waals surface area contributed by atoms with Crippen molar-refractivity contribution >= 4 is 5.78 Å². The van der Waals surface area contributed by atoms with Gasteiger partial charge in [-0.3, -0.25) is 0 Å². The number of nitrogens with one attached hydrogen (secondary N) is 1. The number of aryl methyl sites for hydroxylation is 1. The predicted molar refractivity (Wildman–Crippen MR) is 97.7 cm³/mol. The Morgan fingerprint density at radius 3 is 2.17 bits per heavy atom. The Kier molecular flexibility index (Phi) is 5.22. The summed E-state index contributed by atoms with van der Waals surface area (Å²) in [4.78, 5) is 19.4. The molecule has 3 aromatic rings. The number of nitrogens with zero attached hydrogens (tertiary/aromatic N) is 1. The van der Waals surface area contributed by atoms with Gasteiger partial charge in [0, 0.05) is 24.0 Å². The van der Waals surface area contributed by atoms with Crippen LogP contribution in [0.4, 0.5) is 0 Å². The van der Waals surface area contributed by atoms with Crippen LogP contribution in [0.25, 0.3) is 22.5 Å². The van der Waals surface area contributed by atoms with E-state index in [0.29, 0.717) is 6.42 Å². The van der Waals surface area contributed by atoms with Crippen LogP contribution in [-0.4, -0.2) is 15.8 Å². The van der Waals surface area contributed by atoms with Gasteiger partial charge in [-0.2, -0.15) is 0 Å². The van der Waals surface area contributed by atoms with E-state index in [2.05, 4.69) is 29.2 Å². The Morgan fingerprint density at radius 2 is 1.54 bits per heavy atom. The van der Waals surface area contributed by atoms with Gasteiger partial charge in [-0.1, -0.05) is 60.7 Å². The fourth-order valence-corrected chi connectivity index (χ4v) is 2.83. The number of imidazole rings is 1. The molecular weight excluding hydrogens is 296 g/mol. The van der Waals surface area contributed by atoms with Gasteiger partial charge >= 0.3 is 0 Å². The van der Waals surface area contributed by atoms with E-state index in [9.17, 15) is 4.79 Å². The molecule has 1 aromatic heterocycles. The smallest absolute Gasteiger partial charge is 0.129 e. The molecule has 0 aliphatic heterocycles. The molecule has 0 fully saturated rings. The molecule has 1 heterocycles. The van der Waals surface area contributed by atoms with Gasteiger partial charge in [-0.05, 0) is 19.8 Å². The molecule has 0 radical (unpaired) electrons. The summed E-state index contributed by atoms with van der Waals surface area (Å²) < 4.78 is 0.